The van der Waals surface area contributed by atoms with Crippen LogP contribution < -0.4 is 5.32 Å². The van der Waals surface area contributed by atoms with Crippen LogP contribution in [0, 0.1) is 0 Å². The van der Waals surface area contributed by atoms with Gasteiger partial charge in [-0.2, -0.15) is 0 Å². The maximum absolute atomic E-state index is 13.1. The van der Waals surface area contributed by atoms with E-state index in [1.165, 1.54) is 6.42 Å². The van der Waals surface area contributed by atoms with Crippen LogP contribution >= 0.6 is 11.6 Å². The fourth-order valence-electron chi connectivity index (χ4n) is 3.86. The minimum Gasteiger partial charge on any atom is -0.334 e. The third-order valence-electron chi connectivity index (χ3n) is 5.23. The highest BCUT2D eigenvalue weighted by Crippen LogP contribution is 2.25. The molecule has 26 heavy (non-hydrogen) atoms. The van der Waals surface area contributed by atoms with Crippen molar-refractivity contribution >= 4 is 17.5 Å². The molecule has 1 amide bonds. The van der Waals surface area contributed by atoms with E-state index in [0.717, 1.165) is 37.4 Å². The summed E-state index contributed by atoms with van der Waals surface area (Å²) in [4.78, 5) is 19.5. The third-order valence-corrected chi connectivity index (χ3v) is 5.55. The van der Waals surface area contributed by atoms with Gasteiger partial charge in [-0.15, -0.1) is 5.10 Å². The first-order valence-corrected chi connectivity index (χ1v) is 9.68. The zero-order valence-corrected chi connectivity index (χ0v) is 15.9. The van der Waals surface area contributed by atoms with Crippen molar-refractivity contribution in [1.29, 1.82) is 0 Å². The molecule has 0 saturated carbocycles. The Morgan fingerprint density at radius 2 is 2.00 bits per heavy atom. The first kappa shape index (κ1) is 17.5. The second-order valence-corrected chi connectivity index (χ2v) is 7.90. The Balaban J connectivity index is 1.66. The molecule has 0 radical (unpaired) electrons. The molecule has 2 aromatic rings. The SMILES string of the molecule is CC(C)c1nc(C(=O)N2CCC3CCC(C2)N3)nn1-c1ccccc1Cl. The average molecular weight is 374 g/mol. The minimum atomic E-state index is -0.0907. The average Bonchev–Trinajstić information content (AvgIpc) is 3.18. The number of halogens is 1. The Morgan fingerprint density at radius 3 is 2.77 bits per heavy atom. The predicted octanol–water partition coefficient (Wildman–Crippen LogP) is 3.01. The topological polar surface area (TPSA) is 63.1 Å². The number of para-hydroxylation sites is 1. The van der Waals surface area contributed by atoms with Crippen molar-refractivity contribution < 1.29 is 4.79 Å². The molecule has 2 fully saturated rings. The van der Waals surface area contributed by atoms with E-state index in [0.29, 0.717) is 17.1 Å². The van der Waals surface area contributed by atoms with E-state index in [1.54, 1.807) is 4.68 Å². The van der Waals surface area contributed by atoms with Crippen molar-refractivity contribution in [3.8, 4) is 5.69 Å². The standard InChI is InChI=1S/C19H24ClN5O/c1-12(2)18-22-17(23-25(18)16-6-4-3-5-15(16)20)19(26)24-10-9-13-7-8-14(11-24)21-13/h3-6,12-14,21H,7-11H2,1-2H3. The van der Waals surface area contributed by atoms with Gasteiger partial charge < -0.3 is 10.2 Å². The lowest BCUT2D eigenvalue weighted by Crippen LogP contribution is -2.39. The van der Waals surface area contributed by atoms with Gasteiger partial charge in [-0.25, -0.2) is 9.67 Å². The van der Waals surface area contributed by atoms with Crippen LogP contribution in [-0.4, -0.2) is 50.7 Å². The Hall–Kier alpha value is -1.92. The molecule has 4 rings (SSSR count). The van der Waals surface area contributed by atoms with Crippen molar-refractivity contribution in [3.63, 3.8) is 0 Å². The molecule has 2 aliphatic rings. The largest absolute Gasteiger partial charge is 0.334 e. The zero-order chi connectivity index (χ0) is 18.3. The first-order chi connectivity index (χ1) is 12.5. The van der Waals surface area contributed by atoms with E-state index in [4.69, 9.17) is 11.6 Å². The molecule has 7 heteroatoms. The molecule has 0 aliphatic carbocycles. The number of amides is 1. The molecule has 6 nitrogen and oxygen atoms in total. The molecule has 2 saturated heterocycles. The molecule has 1 aromatic heterocycles. The lowest BCUT2D eigenvalue weighted by Gasteiger charge is -2.22. The number of fused-ring (bicyclic) bond motifs is 2. The molecule has 2 atom stereocenters. The number of aromatic nitrogens is 3. The van der Waals surface area contributed by atoms with Gasteiger partial charge in [0.25, 0.3) is 5.91 Å². The van der Waals surface area contributed by atoms with Crippen LogP contribution in [0.2, 0.25) is 5.02 Å². The van der Waals surface area contributed by atoms with E-state index in [-0.39, 0.29) is 17.6 Å². The van der Waals surface area contributed by atoms with Gasteiger partial charge >= 0.3 is 0 Å². The second kappa shape index (κ2) is 7.00. The summed E-state index contributed by atoms with van der Waals surface area (Å²) in [6.45, 7) is 5.57. The van der Waals surface area contributed by atoms with Gasteiger partial charge in [0.05, 0.1) is 10.7 Å². The monoisotopic (exact) mass is 373 g/mol. The highest BCUT2D eigenvalue weighted by atomic mass is 35.5. The molecule has 2 unspecified atom stereocenters. The van der Waals surface area contributed by atoms with Crippen LogP contribution in [0.1, 0.15) is 55.5 Å². The number of benzene rings is 1. The Bertz CT molecular complexity index is 818. The lowest BCUT2D eigenvalue weighted by molar-refractivity contribution is 0.0736. The van der Waals surface area contributed by atoms with E-state index >= 15 is 0 Å². The van der Waals surface area contributed by atoms with E-state index in [1.807, 2.05) is 43.0 Å². The molecular weight excluding hydrogens is 350 g/mol. The van der Waals surface area contributed by atoms with Gasteiger partial charge in [0.2, 0.25) is 5.82 Å². The summed E-state index contributed by atoms with van der Waals surface area (Å²) in [7, 11) is 0. The fraction of sp³-hybridized carbons (Fsp3) is 0.526. The molecule has 138 valence electrons. The minimum absolute atomic E-state index is 0.0907. The molecule has 0 spiro atoms. The van der Waals surface area contributed by atoms with Gasteiger partial charge in [-0.3, -0.25) is 4.79 Å². The number of nitrogens with zero attached hydrogens (tertiary/aromatic N) is 4. The molecular formula is C19H24ClN5O. The summed E-state index contributed by atoms with van der Waals surface area (Å²) in [5.41, 5.74) is 0.751. The summed E-state index contributed by atoms with van der Waals surface area (Å²) in [6, 6.07) is 8.43. The van der Waals surface area contributed by atoms with Gasteiger partial charge in [0, 0.05) is 31.1 Å². The van der Waals surface area contributed by atoms with E-state index < -0.39 is 0 Å². The summed E-state index contributed by atoms with van der Waals surface area (Å²) < 4.78 is 1.71. The molecule has 2 bridgehead atoms. The number of hydrogen-bond acceptors (Lipinski definition) is 4. The molecule has 1 aromatic carbocycles. The highest BCUT2D eigenvalue weighted by Gasteiger charge is 2.33. The van der Waals surface area contributed by atoms with Crippen molar-refractivity contribution in [3.05, 3.63) is 40.9 Å². The quantitative estimate of drug-likeness (QED) is 0.898. The van der Waals surface area contributed by atoms with Crippen molar-refractivity contribution in [2.75, 3.05) is 13.1 Å². The van der Waals surface area contributed by atoms with Crippen molar-refractivity contribution in [1.82, 2.24) is 25.0 Å². The normalized spacial score (nSPS) is 22.7. The number of rotatable bonds is 3. The van der Waals surface area contributed by atoms with Crippen LogP contribution in [0.25, 0.3) is 5.69 Å². The van der Waals surface area contributed by atoms with Gasteiger partial charge in [-0.05, 0) is 31.4 Å². The van der Waals surface area contributed by atoms with Crippen LogP contribution in [0.15, 0.2) is 24.3 Å². The van der Waals surface area contributed by atoms with Crippen LogP contribution in [0.3, 0.4) is 0 Å². The Kier molecular flexibility index (Phi) is 4.71. The van der Waals surface area contributed by atoms with E-state index in [2.05, 4.69) is 15.4 Å². The third kappa shape index (κ3) is 3.23. The van der Waals surface area contributed by atoms with E-state index in [9.17, 15) is 4.79 Å². The number of carbonyl (C=O) groups is 1. The summed E-state index contributed by atoms with van der Waals surface area (Å²) >= 11 is 6.35. The number of hydrogen-bond donors (Lipinski definition) is 1. The van der Waals surface area contributed by atoms with Gasteiger partial charge in [0.15, 0.2) is 0 Å². The smallest absolute Gasteiger partial charge is 0.293 e. The Morgan fingerprint density at radius 1 is 1.23 bits per heavy atom. The number of nitrogens with one attached hydrogen (secondary N) is 1. The maximum Gasteiger partial charge on any atom is 0.293 e. The number of likely N-dealkylation sites (tertiary alicyclic amines) is 1. The summed E-state index contributed by atoms with van der Waals surface area (Å²) in [5.74, 6) is 1.04. The van der Waals surface area contributed by atoms with Crippen LogP contribution in [-0.2, 0) is 0 Å². The number of carbonyl (C=O) groups excluding carboxylic acids is 1. The first-order valence-electron chi connectivity index (χ1n) is 9.30. The van der Waals surface area contributed by atoms with Gasteiger partial charge in [-0.1, -0.05) is 37.6 Å². The van der Waals surface area contributed by atoms with Crippen LogP contribution in [0.4, 0.5) is 0 Å². The highest BCUT2D eigenvalue weighted by molar-refractivity contribution is 6.32. The van der Waals surface area contributed by atoms with Crippen molar-refractivity contribution in [2.24, 2.45) is 0 Å². The fourth-order valence-corrected chi connectivity index (χ4v) is 4.07. The zero-order valence-electron chi connectivity index (χ0n) is 15.2. The predicted molar refractivity (Wildman–Crippen MR) is 101 cm³/mol. The van der Waals surface area contributed by atoms with Gasteiger partial charge in [0.1, 0.15) is 5.82 Å². The second-order valence-electron chi connectivity index (χ2n) is 7.49. The Labute approximate surface area is 158 Å². The molecule has 1 N–H and O–H groups in total. The summed E-state index contributed by atoms with van der Waals surface area (Å²) in [6.07, 6.45) is 3.33. The maximum atomic E-state index is 13.1. The molecule has 3 heterocycles. The van der Waals surface area contributed by atoms with Crippen molar-refractivity contribution in [2.45, 2.75) is 51.1 Å². The van der Waals surface area contributed by atoms with Crippen LogP contribution in [0.5, 0.6) is 0 Å². The molecule has 2 aliphatic heterocycles. The summed E-state index contributed by atoms with van der Waals surface area (Å²) in [5, 5.41) is 8.73. The lowest BCUT2D eigenvalue weighted by atomic mass is 10.1.